The van der Waals surface area contributed by atoms with Gasteiger partial charge < -0.3 is 15.2 Å². The number of rotatable bonds is 6. The molecule has 2 amide bonds. The lowest BCUT2D eigenvalue weighted by Crippen LogP contribution is -2.25. The molecule has 0 aliphatic rings. The monoisotopic (exact) mass is 367 g/mol. The summed E-state index contributed by atoms with van der Waals surface area (Å²) in [7, 11) is 0. The van der Waals surface area contributed by atoms with E-state index in [2.05, 4.69) is 15.8 Å². The Balaban J connectivity index is 1.81. The van der Waals surface area contributed by atoms with Crippen molar-refractivity contribution in [2.45, 2.75) is 26.0 Å². The van der Waals surface area contributed by atoms with Gasteiger partial charge in [-0.1, -0.05) is 16.8 Å². The Hall–Kier alpha value is -1.99. The maximum atomic E-state index is 12.0. The molecule has 24 heavy (non-hydrogen) atoms. The van der Waals surface area contributed by atoms with E-state index >= 15 is 0 Å². The summed E-state index contributed by atoms with van der Waals surface area (Å²) >= 11 is 7.12. The highest BCUT2D eigenvalue weighted by Crippen LogP contribution is 2.20. The minimum atomic E-state index is -0.404. The van der Waals surface area contributed by atoms with Gasteiger partial charge >= 0.3 is 0 Å². The summed E-state index contributed by atoms with van der Waals surface area (Å²) in [6.45, 7) is 5.34. The lowest BCUT2D eigenvalue weighted by Gasteiger charge is -2.11. The number of anilines is 2. The summed E-state index contributed by atoms with van der Waals surface area (Å²) in [5.41, 5.74) is 1.59. The van der Waals surface area contributed by atoms with E-state index in [1.54, 1.807) is 38.1 Å². The fraction of sp³-hybridized carbons (Fsp3) is 0.312. The van der Waals surface area contributed by atoms with Crippen LogP contribution >= 0.6 is 23.4 Å². The molecule has 2 rings (SSSR count). The van der Waals surface area contributed by atoms with Crippen LogP contribution in [-0.4, -0.2) is 28.0 Å². The van der Waals surface area contributed by atoms with Crippen LogP contribution in [0.25, 0.3) is 0 Å². The molecule has 0 fully saturated rings. The van der Waals surface area contributed by atoms with Gasteiger partial charge in [0.15, 0.2) is 5.82 Å². The van der Waals surface area contributed by atoms with Gasteiger partial charge in [0, 0.05) is 16.8 Å². The van der Waals surface area contributed by atoms with Gasteiger partial charge in [-0.05, 0) is 44.5 Å². The Morgan fingerprint density at radius 2 is 2.04 bits per heavy atom. The minimum Gasteiger partial charge on any atom is -0.360 e. The van der Waals surface area contributed by atoms with Crippen LogP contribution in [0.5, 0.6) is 0 Å². The number of benzene rings is 1. The highest BCUT2D eigenvalue weighted by atomic mass is 35.5. The Bertz CT molecular complexity index is 748. The van der Waals surface area contributed by atoms with E-state index in [9.17, 15) is 9.59 Å². The van der Waals surface area contributed by atoms with Crippen molar-refractivity contribution in [1.82, 2.24) is 5.16 Å². The van der Waals surface area contributed by atoms with E-state index in [1.807, 2.05) is 6.92 Å². The number of nitrogens with zero attached hydrogens (tertiary/aromatic N) is 1. The van der Waals surface area contributed by atoms with Crippen molar-refractivity contribution in [3.63, 3.8) is 0 Å². The minimum absolute atomic E-state index is 0.161. The highest BCUT2D eigenvalue weighted by molar-refractivity contribution is 8.01. The third kappa shape index (κ3) is 5.28. The average Bonchev–Trinajstić information content (AvgIpc) is 2.92. The lowest BCUT2D eigenvalue weighted by molar-refractivity contribution is -0.115. The molecule has 0 aliphatic heterocycles. The zero-order valence-electron chi connectivity index (χ0n) is 13.6. The second-order valence-corrected chi connectivity index (χ2v) is 7.04. The van der Waals surface area contributed by atoms with E-state index in [4.69, 9.17) is 16.1 Å². The summed E-state index contributed by atoms with van der Waals surface area (Å²) < 4.78 is 4.88. The third-order valence-electron chi connectivity index (χ3n) is 3.18. The molecule has 0 unspecified atom stereocenters. The SMILES string of the molecule is Cc1cc(NC(=O)[C@@H](C)SCC(=O)Nc2ccc(Cl)cc2C)no1. The van der Waals surface area contributed by atoms with Gasteiger partial charge in [-0.2, -0.15) is 0 Å². The topological polar surface area (TPSA) is 84.2 Å². The van der Waals surface area contributed by atoms with Crippen LogP contribution in [0.1, 0.15) is 18.2 Å². The zero-order valence-corrected chi connectivity index (χ0v) is 15.1. The van der Waals surface area contributed by atoms with E-state index in [0.717, 1.165) is 5.56 Å². The summed E-state index contributed by atoms with van der Waals surface area (Å²) in [6.07, 6.45) is 0. The molecule has 6 nitrogen and oxygen atoms in total. The number of aryl methyl sites for hydroxylation is 2. The van der Waals surface area contributed by atoms with Gasteiger partial charge in [0.2, 0.25) is 11.8 Å². The third-order valence-corrected chi connectivity index (χ3v) is 4.55. The van der Waals surface area contributed by atoms with Gasteiger partial charge in [-0.3, -0.25) is 9.59 Å². The molecule has 128 valence electrons. The molecular formula is C16H18ClN3O3S. The maximum absolute atomic E-state index is 12.0. The van der Waals surface area contributed by atoms with Crippen molar-refractivity contribution in [3.8, 4) is 0 Å². The number of thioether (sulfide) groups is 1. The van der Waals surface area contributed by atoms with Gasteiger partial charge in [-0.25, -0.2) is 0 Å². The van der Waals surface area contributed by atoms with Gasteiger partial charge in [0.25, 0.3) is 0 Å². The number of hydrogen-bond donors (Lipinski definition) is 2. The van der Waals surface area contributed by atoms with Gasteiger partial charge in [0.1, 0.15) is 5.76 Å². The normalized spacial score (nSPS) is 11.8. The maximum Gasteiger partial charge on any atom is 0.238 e. The van der Waals surface area contributed by atoms with E-state index in [0.29, 0.717) is 22.3 Å². The van der Waals surface area contributed by atoms with E-state index in [-0.39, 0.29) is 17.6 Å². The Morgan fingerprint density at radius 3 is 2.67 bits per heavy atom. The Morgan fingerprint density at radius 1 is 1.29 bits per heavy atom. The number of nitrogens with one attached hydrogen (secondary N) is 2. The first-order valence-corrected chi connectivity index (χ1v) is 8.69. The number of carbonyl (C=O) groups is 2. The standard InChI is InChI=1S/C16H18ClN3O3S/c1-9-6-12(17)4-5-13(9)18-15(21)8-24-11(3)16(22)19-14-7-10(2)23-20-14/h4-7,11H,8H2,1-3H3,(H,18,21)(H,19,20,22)/t11-/m1/s1. The van der Waals surface area contributed by atoms with Crippen LogP contribution in [0.4, 0.5) is 11.5 Å². The fourth-order valence-electron chi connectivity index (χ4n) is 1.88. The number of amides is 2. The first kappa shape index (κ1) is 18.4. The Kier molecular flexibility index (Phi) is 6.28. The summed E-state index contributed by atoms with van der Waals surface area (Å²) in [4.78, 5) is 24.0. The zero-order chi connectivity index (χ0) is 17.7. The van der Waals surface area contributed by atoms with Crippen molar-refractivity contribution in [2.75, 3.05) is 16.4 Å². The smallest absolute Gasteiger partial charge is 0.238 e. The van der Waals surface area contributed by atoms with Crippen molar-refractivity contribution in [3.05, 3.63) is 40.6 Å². The molecule has 1 atom stereocenters. The predicted octanol–water partition coefficient (Wildman–Crippen LogP) is 3.64. The molecule has 0 saturated carbocycles. The van der Waals surface area contributed by atoms with Crippen molar-refractivity contribution < 1.29 is 14.1 Å². The molecule has 0 saturated heterocycles. The van der Waals surface area contributed by atoms with Crippen LogP contribution in [0, 0.1) is 13.8 Å². The molecule has 8 heteroatoms. The predicted molar refractivity (Wildman–Crippen MR) is 96.6 cm³/mol. The molecule has 0 aliphatic carbocycles. The lowest BCUT2D eigenvalue weighted by atomic mass is 10.2. The second kappa shape index (κ2) is 8.21. The molecule has 1 heterocycles. The number of carbonyl (C=O) groups excluding carboxylic acids is 2. The van der Waals surface area contributed by atoms with Crippen LogP contribution < -0.4 is 10.6 Å². The van der Waals surface area contributed by atoms with Crippen molar-refractivity contribution in [2.24, 2.45) is 0 Å². The molecule has 0 bridgehead atoms. The molecule has 0 radical (unpaired) electrons. The summed E-state index contributed by atoms with van der Waals surface area (Å²) in [5, 5.41) is 9.36. The number of hydrogen-bond acceptors (Lipinski definition) is 5. The van der Waals surface area contributed by atoms with Crippen LogP contribution in [0.15, 0.2) is 28.8 Å². The number of aromatic nitrogens is 1. The fourth-order valence-corrected chi connectivity index (χ4v) is 2.79. The van der Waals surface area contributed by atoms with Crippen LogP contribution in [-0.2, 0) is 9.59 Å². The van der Waals surface area contributed by atoms with Crippen LogP contribution in [0.3, 0.4) is 0 Å². The molecule has 1 aromatic heterocycles. The van der Waals surface area contributed by atoms with E-state index < -0.39 is 5.25 Å². The van der Waals surface area contributed by atoms with Gasteiger partial charge in [-0.15, -0.1) is 11.8 Å². The van der Waals surface area contributed by atoms with Crippen molar-refractivity contribution in [1.29, 1.82) is 0 Å². The van der Waals surface area contributed by atoms with Gasteiger partial charge in [0.05, 0.1) is 11.0 Å². The largest absolute Gasteiger partial charge is 0.360 e. The molecular weight excluding hydrogens is 350 g/mol. The summed E-state index contributed by atoms with van der Waals surface area (Å²) in [5.74, 6) is 0.731. The first-order chi connectivity index (χ1) is 11.3. The number of halogens is 1. The molecule has 2 N–H and O–H groups in total. The summed E-state index contributed by atoms with van der Waals surface area (Å²) in [6, 6.07) is 6.88. The highest BCUT2D eigenvalue weighted by Gasteiger charge is 2.17. The molecule has 2 aromatic rings. The first-order valence-electron chi connectivity index (χ1n) is 7.27. The molecule has 0 spiro atoms. The van der Waals surface area contributed by atoms with Crippen LogP contribution in [0.2, 0.25) is 5.02 Å². The van der Waals surface area contributed by atoms with E-state index in [1.165, 1.54) is 11.8 Å². The van der Waals surface area contributed by atoms with Crippen molar-refractivity contribution >= 4 is 46.7 Å². The molecule has 1 aromatic carbocycles. The average molecular weight is 368 g/mol. The second-order valence-electron chi connectivity index (χ2n) is 5.27. The Labute approximate surface area is 149 Å². The quantitative estimate of drug-likeness (QED) is 0.814.